The van der Waals surface area contributed by atoms with Crippen LogP contribution in [0.15, 0.2) is 48.1 Å². The van der Waals surface area contributed by atoms with Gasteiger partial charge in [-0.2, -0.15) is 13.2 Å². The van der Waals surface area contributed by atoms with Crippen molar-refractivity contribution in [2.24, 2.45) is 5.92 Å². The number of nitrogens with zero attached hydrogens (tertiary/aromatic N) is 2. The molecule has 6 heteroatoms. The van der Waals surface area contributed by atoms with Gasteiger partial charge < -0.3 is 4.90 Å². The highest BCUT2D eigenvalue weighted by atomic mass is 32.1. The number of hydrogen-bond donors (Lipinski definition) is 0. The average molecular weight is 350 g/mol. The molecule has 0 aliphatic rings. The predicted octanol–water partition coefficient (Wildman–Crippen LogP) is 6.11. The largest absolute Gasteiger partial charge is 0.416 e. The van der Waals surface area contributed by atoms with Crippen molar-refractivity contribution in [3.8, 4) is 0 Å². The molecule has 2 heterocycles. The maximum Gasteiger partial charge on any atom is 0.416 e. The number of benzene rings is 1. The van der Waals surface area contributed by atoms with Crippen molar-refractivity contribution in [3.05, 3.63) is 53.7 Å². The van der Waals surface area contributed by atoms with E-state index < -0.39 is 11.7 Å². The van der Waals surface area contributed by atoms with Crippen LogP contribution in [-0.2, 0) is 6.18 Å². The summed E-state index contributed by atoms with van der Waals surface area (Å²) in [6.07, 6.45) is -0.876. The zero-order valence-corrected chi connectivity index (χ0v) is 14.2. The third kappa shape index (κ3) is 3.38. The molecule has 0 unspecified atom stereocenters. The summed E-state index contributed by atoms with van der Waals surface area (Å²) in [5.41, 5.74) is 1.31. The van der Waals surface area contributed by atoms with Crippen molar-refractivity contribution < 1.29 is 13.2 Å². The smallest absolute Gasteiger partial charge is 0.340 e. The number of aromatic nitrogens is 1. The lowest BCUT2D eigenvalue weighted by molar-refractivity contribution is -0.137. The quantitative estimate of drug-likeness (QED) is 0.564. The van der Waals surface area contributed by atoms with E-state index in [0.717, 1.165) is 29.4 Å². The lowest BCUT2D eigenvalue weighted by atomic mass is 10.1. The van der Waals surface area contributed by atoms with E-state index in [1.54, 1.807) is 18.5 Å². The van der Waals surface area contributed by atoms with Crippen LogP contribution in [0.25, 0.3) is 10.1 Å². The Morgan fingerprint density at radius 2 is 1.83 bits per heavy atom. The summed E-state index contributed by atoms with van der Waals surface area (Å²) in [6.45, 7) is 5.01. The molecule has 0 fully saturated rings. The Morgan fingerprint density at radius 3 is 2.46 bits per heavy atom. The average Bonchev–Trinajstić information content (AvgIpc) is 2.95. The van der Waals surface area contributed by atoms with Crippen molar-refractivity contribution >= 4 is 32.8 Å². The SMILES string of the molecule is CC(C)CN(c1ccncc1)c1csc2cc(C(F)(F)F)ccc12. The van der Waals surface area contributed by atoms with Gasteiger partial charge in [0.05, 0.1) is 11.3 Å². The molecule has 2 nitrogen and oxygen atoms in total. The first-order chi connectivity index (χ1) is 11.4. The summed E-state index contributed by atoms with van der Waals surface area (Å²) in [4.78, 5) is 6.18. The van der Waals surface area contributed by atoms with Gasteiger partial charge in [-0.3, -0.25) is 4.98 Å². The minimum absolute atomic E-state index is 0.405. The first kappa shape index (κ1) is 16.8. The third-order valence-corrected chi connectivity index (χ3v) is 4.63. The van der Waals surface area contributed by atoms with Crippen molar-refractivity contribution in [2.45, 2.75) is 20.0 Å². The monoisotopic (exact) mass is 350 g/mol. The van der Waals surface area contributed by atoms with Crippen LogP contribution in [0.1, 0.15) is 19.4 Å². The number of halogens is 3. The van der Waals surface area contributed by atoms with Crippen molar-refractivity contribution in [3.63, 3.8) is 0 Å². The molecule has 2 aromatic heterocycles. The van der Waals surface area contributed by atoms with E-state index >= 15 is 0 Å². The number of anilines is 2. The molecule has 0 N–H and O–H groups in total. The standard InChI is InChI=1S/C18H17F3N2S/c1-12(2)10-23(14-5-7-22-8-6-14)16-11-24-17-9-13(18(19,20)21)3-4-15(16)17/h3-9,11-12H,10H2,1-2H3. The third-order valence-electron chi connectivity index (χ3n) is 3.70. The van der Waals surface area contributed by atoms with E-state index in [-0.39, 0.29) is 0 Å². The molecule has 24 heavy (non-hydrogen) atoms. The molecular formula is C18H17F3N2S. The number of pyridine rings is 1. The molecule has 0 spiro atoms. The summed E-state index contributed by atoms with van der Waals surface area (Å²) >= 11 is 1.34. The molecule has 3 rings (SSSR count). The lowest BCUT2D eigenvalue weighted by Gasteiger charge is -2.26. The lowest BCUT2D eigenvalue weighted by Crippen LogP contribution is -2.22. The Kier molecular flexibility index (Phi) is 4.49. The van der Waals surface area contributed by atoms with Gasteiger partial charge in [-0.25, -0.2) is 0 Å². The summed E-state index contributed by atoms with van der Waals surface area (Å²) in [7, 11) is 0. The molecule has 0 aliphatic carbocycles. The van der Waals surface area contributed by atoms with Gasteiger partial charge >= 0.3 is 6.18 Å². The van der Waals surface area contributed by atoms with Crippen molar-refractivity contribution in [1.29, 1.82) is 0 Å². The molecule has 3 aromatic rings. The van der Waals surface area contributed by atoms with Crippen LogP contribution < -0.4 is 4.90 Å². The number of rotatable bonds is 4. The molecule has 0 bridgehead atoms. The van der Waals surface area contributed by atoms with Crippen molar-refractivity contribution in [2.75, 3.05) is 11.4 Å². The predicted molar refractivity (Wildman–Crippen MR) is 92.9 cm³/mol. The maximum atomic E-state index is 12.9. The first-order valence-electron chi connectivity index (χ1n) is 7.62. The fourth-order valence-corrected chi connectivity index (χ4v) is 3.62. The number of alkyl halides is 3. The van der Waals surface area contributed by atoms with Crippen LogP contribution >= 0.6 is 11.3 Å². The minimum atomic E-state index is -4.32. The molecule has 0 atom stereocenters. The molecule has 0 aliphatic heterocycles. The number of hydrogen-bond acceptors (Lipinski definition) is 3. The fourth-order valence-electron chi connectivity index (χ4n) is 2.63. The molecule has 0 amide bonds. The summed E-state index contributed by atoms with van der Waals surface area (Å²) in [6, 6.07) is 7.77. The number of fused-ring (bicyclic) bond motifs is 1. The van der Waals surface area contributed by atoms with Crippen LogP contribution in [0.3, 0.4) is 0 Å². The Labute approximate surface area is 142 Å². The highest BCUT2D eigenvalue weighted by molar-refractivity contribution is 7.17. The van der Waals surface area contributed by atoms with Gasteiger partial charge in [-0.05, 0) is 30.2 Å². The molecule has 0 saturated carbocycles. The van der Waals surface area contributed by atoms with Gasteiger partial charge in [0.1, 0.15) is 0 Å². The van der Waals surface area contributed by atoms with Gasteiger partial charge in [0.2, 0.25) is 0 Å². The van der Waals surface area contributed by atoms with E-state index in [1.807, 2.05) is 17.5 Å². The van der Waals surface area contributed by atoms with E-state index in [4.69, 9.17) is 0 Å². The molecule has 126 valence electrons. The van der Waals surface area contributed by atoms with Gasteiger partial charge in [0, 0.05) is 40.1 Å². The Balaban J connectivity index is 2.08. The van der Waals surface area contributed by atoms with Crippen LogP contribution in [0, 0.1) is 5.92 Å². The highest BCUT2D eigenvalue weighted by Crippen LogP contribution is 2.40. The second kappa shape index (κ2) is 6.43. The van der Waals surface area contributed by atoms with E-state index in [2.05, 4.69) is 23.7 Å². The van der Waals surface area contributed by atoms with Crippen molar-refractivity contribution in [1.82, 2.24) is 4.98 Å². The molecular weight excluding hydrogens is 333 g/mol. The van der Waals surface area contributed by atoms with E-state index in [9.17, 15) is 13.2 Å². The summed E-state index contributed by atoms with van der Waals surface area (Å²) in [5.74, 6) is 0.405. The summed E-state index contributed by atoms with van der Waals surface area (Å²) in [5, 5.41) is 2.76. The van der Waals surface area contributed by atoms with Gasteiger partial charge in [0.15, 0.2) is 0 Å². The molecule has 0 saturated heterocycles. The Bertz CT molecular complexity index is 825. The Morgan fingerprint density at radius 1 is 1.12 bits per heavy atom. The van der Waals surface area contributed by atoms with Gasteiger partial charge in [-0.1, -0.05) is 19.9 Å². The second-order valence-electron chi connectivity index (χ2n) is 6.04. The minimum Gasteiger partial charge on any atom is -0.340 e. The fraction of sp³-hybridized carbons (Fsp3) is 0.278. The molecule has 1 aromatic carbocycles. The first-order valence-corrected chi connectivity index (χ1v) is 8.50. The van der Waals surface area contributed by atoms with Crippen LogP contribution in [0.2, 0.25) is 0 Å². The Hall–Kier alpha value is -2.08. The zero-order valence-electron chi connectivity index (χ0n) is 13.3. The van der Waals surface area contributed by atoms with Crippen LogP contribution in [0.5, 0.6) is 0 Å². The van der Waals surface area contributed by atoms with Crippen LogP contribution in [0.4, 0.5) is 24.5 Å². The maximum absolute atomic E-state index is 12.9. The van der Waals surface area contributed by atoms with Gasteiger partial charge in [-0.15, -0.1) is 11.3 Å². The highest BCUT2D eigenvalue weighted by Gasteiger charge is 2.31. The second-order valence-corrected chi connectivity index (χ2v) is 6.95. The molecule has 0 radical (unpaired) electrons. The van der Waals surface area contributed by atoms with E-state index in [1.165, 1.54) is 17.4 Å². The van der Waals surface area contributed by atoms with Gasteiger partial charge in [0.25, 0.3) is 0 Å². The summed E-state index contributed by atoms with van der Waals surface area (Å²) < 4.78 is 39.4. The normalized spacial score (nSPS) is 12.1. The zero-order chi connectivity index (χ0) is 17.3. The van der Waals surface area contributed by atoms with E-state index in [0.29, 0.717) is 10.6 Å². The van der Waals surface area contributed by atoms with Crippen LogP contribution in [-0.4, -0.2) is 11.5 Å². The number of thiophene rings is 1. The topological polar surface area (TPSA) is 16.1 Å².